The summed E-state index contributed by atoms with van der Waals surface area (Å²) in [5, 5.41) is 1.03. The number of hydrogen-bond donors (Lipinski definition) is 0. The third-order valence-corrected chi connectivity index (χ3v) is 3.45. The Morgan fingerprint density at radius 1 is 1.32 bits per heavy atom. The van der Waals surface area contributed by atoms with E-state index in [1.54, 1.807) is 26.1 Å². The first-order valence-corrected chi connectivity index (χ1v) is 7.16. The molecule has 0 aliphatic rings. The SMILES string of the molecule is CCOC(=O)c1c(C)oc2ccc(-c3cnc(Cl)cn3)cc12. The summed E-state index contributed by atoms with van der Waals surface area (Å²) in [4.78, 5) is 20.4. The highest BCUT2D eigenvalue weighted by atomic mass is 35.5. The predicted molar refractivity (Wildman–Crippen MR) is 82.9 cm³/mol. The van der Waals surface area contributed by atoms with Gasteiger partial charge < -0.3 is 9.15 Å². The van der Waals surface area contributed by atoms with Crippen molar-refractivity contribution in [1.82, 2.24) is 9.97 Å². The first-order valence-electron chi connectivity index (χ1n) is 6.78. The van der Waals surface area contributed by atoms with Crippen LogP contribution in [0.2, 0.25) is 5.15 Å². The minimum Gasteiger partial charge on any atom is -0.462 e. The van der Waals surface area contributed by atoms with E-state index >= 15 is 0 Å². The number of esters is 1. The lowest BCUT2D eigenvalue weighted by Gasteiger charge is -2.02. The number of furan rings is 1. The number of nitrogens with zero attached hydrogens (tertiary/aromatic N) is 2. The Hall–Kier alpha value is -2.40. The van der Waals surface area contributed by atoms with Crippen molar-refractivity contribution in [3.05, 3.63) is 47.1 Å². The van der Waals surface area contributed by atoms with Crippen LogP contribution in [0.3, 0.4) is 0 Å². The number of carbonyl (C=O) groups is 1. The van der Waals surface area contributed by atoms with E-state index in [1.165, 1.54) is 6.20 Å². The molecule has 0 fully saturated rings. The Bertz CT molecular complexity index is 840. The van der Waals surface area contributed by atoms with Gasteiger partial charge in [0.2, 0.25) is 0 Å². The van der Waals surface area contributed by atoms with Crippen LogP contribution < -0.4 is 0 Å². The average Bonchev–Trinajstić information content (AvgIpc) is 2.83. The molecule has 3 aromatic rings. The normalized spacial score (nSPS) is 10.9. The molecule has 2 aromatic heterocycles. The molecule has 1 aromatic carbocycles. The van der Waals surface area contributed by atoms with E-state index in [2.05, 4.69) is 9.97 Å². The largest absolute Gasteiger partial charge is 0.462 e. The number of rotatable bonds is 3. The molecule has 0 amide bonds. The molecule has 0 aliphatic carbocycles. The topological polar surface area (TPSA) is 65.2 Å². The highest BCUT2D eigenvalue weighted by Crippen LogP contribution is 2.30. The molecular weight excluding hydrogens is 304 g/mol. The molecule has 0 saturated heterocycles. The second kappa shape index (κ2) is 5.77. The van der Waals surface area contributed by atoms with Gasteiger partial charge in [0, 0.05) is 10.9 Å². The number of carbonyl (C=O) groups excluding carboxylic acids is 1. The summed E-state index contributed by atoms with van der Waals surface area (Å²) < 4.78 is 10.7. The number of benzene rings is 1. The third kappa shape index (κ3) is 2.55. The van der Waals surface area contributed by atoms with E-state index < -0.39 is 5.97 Å². The Balaban J connectivity index is 2.14. The van der Waals surface area contributed by atoms with Crippen LogP contribution in [-0.2, 0) is 4.74 Å². The fraction of sp³-hybridized carbons (Fsp3) is 0.188. The molecule has 2 heterocycles. The molecule has 0 bridgehead atoms. The van der Waals surface area contributed by atoms with Gasteiger partial charge in [-0.25, -0.2) is 9.78 Å². The van der Waals surface area contributed by atoms with Crippen molar-refractivity contribution in [1.29, 1.82) is 0 Å². The van der Waals surface area contributed by atoms with Crippen molar-refractivity contribution in [2.75, 3.05) is 6.61 Å². The van der Waals surface area contributed by atoms with Gasteiger partial charge in [0.15, 0.2) is 0 Å². The first-order chi connectivity index (χ1) is 10.6. The highest BCUT2D eigenvalue weighted by molar-refractivity contribution is 6.29. The maximum atomic E-state index is 12.1. The molecule has 3 rings (SSSR count). The predicted octanol–water partition coefficient (Wildman–Crippen LogP) is 4.03. The molecule has 22 heavy (non-hydrogen) atoms. The van der Waals surface area contributed by atoms with E-state index in [9.17, 15) is 4.79 Å². The summed E-state index contributed by atoms with van der Waals surface area (Å²) >= 11 is 5.75. The summed E-state index contributed by atoms with van der Waals surface area (Å²) in [6.45, 7) is 3.82. The summed E-state index contributed by atoms with van der Waals surface area (Å²) in [7, 11) is 0. The quantitative estimate of drug-likeness (QED) is 0.683. The monoisotopic (exact) mass is 316 g/mol. The minimum absolute atomic E-state index is 0.313. The summed E-state index contributed by atoms with van der Waals surface area (Å²) in [5.41, 5.74) is 2.56. The zero-order valence-corrected chi connectivity index (χ0v) is 12.8. The van der Waals surface area contributed by atoms with E-state index in [0.29, 0.717) is 39.7 Å². The van der Waals surface area contributed by atoms with E-state index in [4.69, 9.17) is 20.8 Å². The molecule has 0 N–H and O–H groups in total. The van der Waals surface area contributed by atoms with Crippen LogP contribution in [0.25, 0.3) is 22.2 Å². The van der Waals surface area contributed by atoms with Crippen molar-refractivity contribution in [2.24, 2.45) is 0 Å². The molecule has 0 radical (unpaired) electrons. The van der Waals surface area contributed by atoms with Crippen molar-refractivity contribution in [3.63, 3.8) is 0 Å². The number of aryl methyl sites for hydroxylation is 1. The van der Waals surface area contributed by atoms with Gasteiger partial charge in [0.25, 0.3) is 0 Å². The Kier molecular flexibility index (Phi) is 3.81. The molecule has 0 unspecified atom stereocenters. The number of ether oxygens (including phenoxy) is 1. The van der Waals surface area contributed by atoms with Crippen LogP contribution in [0.1, 0.15) is 23.0 Å². The van der Waals surface area contributed by atoms with Gasteiger partial charge in [-0.2, -0.15) is 0 Å². The standard InChI is InChI=1S/C16H13ClN2O3/c1-3-21-16(20)15-9(2)22-13-5-4-10(6-11(13)15)12-7-19-14(17)8-18-12/h4-8H,3H2,1-2H3. The number of aromatic nitrogens is 2. The zero-order valence-electron chi connectivity index (χ0n) is 12.1. The van der Waals surface area contributed by atoms with Gasteiger partial charge in [-0.15, -0.1) is 0 Å². The first kappa shape index (κ1) is 14.5. The molecule has 0 saturated carbocycles. The number of hydrogen-bond acceptors (Lipinski definition) is 5. The van der Waals surface area contributed by atoms with Crippen LogP contribution in [-0.4, -0.2) is 22.5 Å². The van der Waals surface area contributed by atoms with Gasteiger partial charge in [-0.1, -0.05) is 11.6 Å². The van der Waals surface area contributed by atoms with Crippen molar-refractivity contribution in [3.8, 4) is 11.3 Å². The Morgan fingerprint density at radius 2 is 2.14 bits per heavy atom. The van der Waals surface area contributed by atoms with Crippen LogP contribution >= 0.6 is 11.6 Å². The van der Waals surface area contributed by atoms with Crippen molar-refractivity contribution in [2.45, 2.75) is 13.8 Å². The van der Waals surface area contributed by atoms with Crippen molar-refractivity contribution < 1.29 is 13.9 Å². The van der Waals surface area contributed by atoms with E-state index in [-0.39, 0.29) is 0 Å². The number of fused-ring (bicyclic) bond motifs is 1. The fourth-order valence-electron chi connectivity index (χ4n) is 2.30. The van der Waals surface area contributed by atoms with Gasteiger partial charge >= 0.3 is 5.97 Å². The molecule has 5 nitrogen and oxygen atoms in total. The van der Waals surface area contributed by atoms with Crippen LogP contribution in [0, 0.1) is 6.92 Å². The van der Waals surface area contributed by atoms with E-state index in [1.807, 2.05) is 12.1 Å². The van der Waals surface area contributed by atoms with Gasteiger partial charge in [-0.05, 0) is 32.0 Å². The lowest BCUT2D eigenvalue weighted by atomic mass is 10.1. The molecule has 112 valence electrons. The van der Waals surface area contributed by atoms with Gasteiger partial charge in [0.05, 0.1) is 24.7 Å². The maximum Gasteiger partial charge on any atom is 0.342 e. The van der Waals surface area contributed by atoms with E-state index in [0.717, 1.165) is 5.56 Å². The number of halogens is 1. The molecule has 0 atom stereocenters. The van der Waals surface area contributed by atoms with Crippen LogP contribution in [0.4, 0.5) is 0 Å². The Labute approximate surface area is 131 Å². The smallest absolute Gasteiger partial charge is 0.342 e. The molecule has 0 aliphatic heterocycles. The molecular formula is C16H13ClN2O3. The maximum absolute atomic E-state index is 12.1. The van der Waals surface area contributed by atoms with Gasteiger partial charge in [0.1, 0.15) is 22.1 Å². The summed E-state index contributed by atoms with van der Waals surface area (Å²) in [6, 6.07) is 5.50. The third-order valence-electron chi connectivity index (χ3n) is 3.26. The van der Waals surface area contributed by atoms with Gasteiger partial charge in [-0.3, -0.25) is 4.98 Å². The Morgan fingerprint density at radius 3 is 2.82 bits per heavy atom. The second-order valence-corrected chi connectivity index (χ2v) is 5.08. The van der Waals surface area contributed by atoms with Crippen LogP contribution in [0.15, 0.2) is 35.0 Å². The second-order valence-electron chi connectivity index (χ2n) is 4.69. The zero-order chi connectivity index (χ0) is 15.7. The highest BCUT2D eigenvalue weighted by Gasteiger charge is 2.19. The summed E-state index contributed by atoms with van der Waals surface area (Å²) in [5.74, 6) is 0.144. The molecule has 6 heteroatoms. The lowest BCUT2D eigenvalue weighted by molar-refractivity contribution is 0.0526. The molecule has 0 spiro atoms. The summed E-state index contributed by atoms with van der Waals surface area (Å²) in [6.07, 6.45) is 3.06. The average molecular weight is 317 g/mol. The van der Waals surface area contributed by atoms with Crippen LogP contribution in [0.5, 0.6) is 0 Å². The van der Waals surface area contributed by atoms with Crippen molar-refractivity contribution >= 4 is 28.5 Å². The lowest BCUT2D eigenvalue weighted by Crippen LogP contribution is -2.05. The fourth-order valence-corrected chi connectivity index (χ4v) is 2.40. The minimum atomic E-state index is -0.391.